The van der Waals surface area contributed by atoms with E-state index in [2.05, 4.69) is 24.4 Å². The highest BCUT2D eigenvalue weighted by molar-refractivity contribution is 5.89. The molecular formula is C23H29NO3. The zero-order valence-electron chi connectivity index (χ0n) is 16.5. The van der Waals surface area contributed by atoms with E-state index < -0.39 is 5.41 Å². The molecule has 1 amide bonds. The van der Waals surface area contributed by atoms with E-state index in [1.165, 1.54) is 5.56 Å². The average Bonchev–Trinajstić information content (AvgIpc) is 3.19. The van der Waals surface area contributed by atoms with Gasteiger partial charge in [-0.15, -0.1) is 0 Å². The summed E-state index contributed by atoms with van der Waals surface area (Å²) < 4.78 is 10.8. The molecule has 0 aromatic heterocycles. The number of carbonyl (C=O) groups is 1. The van der Waals surface area contributed by atoms with Crippen LogP contribution in [-0.2, 0) is 16.6 Å². The highest BCUT2D eigenvalue weighted by Crippen LogP contribution is 2.44. The molecule has 1 aliphatic carbocycles. The Morgan fingerprint density at radius 3 is 2.33 bits per heavy atom. The van der Waals surface area contributed by atoms with Crippen LogP contribution >= 0.6 is 0 Å². The minimum absolute atomic E-state index is 0.0810. The van der Waals surface area contributed by atoms with E-state index in [-0.39, 0.29) is 11.9 Å². The molecule has 144 valence electrons. The van der Waals surface area contributed by atoms with Crippen LogP contribution in [-0.4, -0.2) is 26.2 Å². The molecule has 2 aromatic rings. The summed E-state index contributed by atoms with van der Waals surface area (Å²) in [5.41, 5.74) is 1.77. The van der Waals surface area contributed by atoms with Gasteiger partial charge >= 0.3 is 0 Å². The van der Waals surface area contributed by atoms with Gasteiger partial charge in [-0.2, -0.15) is 0 Å². The van der Waals surface area contributed by atoms with Gasteiger partial charge in [-0.1, -0.05) is 49.2 Å². The number of hydrogen-bond acceptors (Lipinski definition) is 3. The molecule has 3 rings (SSSR count). The van der Waals surface area contributed by atoms with E-state index in [1.807, 2.05) is 36.4 Å². The van der Waals surface area contributed by atoms with Crippen molar-refractivity contribution < 1.29 is 14.3 Å². The second kappa shape index (κ2) is 8.47. The van der Waals surface area contributed by atoms with E-state index in [0.29, 0.717) is 11.5 Å². The van der Waals surface area contributed by atoms with Crippen molar-refractivity contribution in [2.75, 3.05) is 14.2 Å². The number of amides is 1. The van der Waals surface area contributed by atoms with Gasteiger partial charge in [0.25, 0.3) is 0 Å². The van der Waals surface area contributed by atoms with Crippen LogP contribution in [0.2, 0.25) is 0 Å². The molecule has 27 heavy (non-hydrogen) atoms. The topological polar surface area (TPSA) is 47.6 Å². The zero-order chi connectivity index (χ0) is 19.3. The Labute approximate surface area is 161 Å². The second-order valence-corrected chi connectivity index (χ2v) is 7.42. The van der Waals surface area contributed by atoms with Crippen LogP contribution < -0.4 is 14.8 Å². The molecule has 2 aromatic carbocycles. The summed E-state index contributed by atoms with van der Waals surface area (Å²) in [5, 5.41) is 3.26. The fourth-order valence-electron chi connectivity index (χ4n) is 4.14. The van der Waals surface area contributed by atoms with Gasteiger partial charge in [-0.25, -0.2) is 0 Å². The Kier molecular flexibility index (Phi) is 6.04. The number of methoxy groups -OCH3 is 2. The largest absolute Gasteiger partial charge is 0.493 e. The molecule has 1 aliphatic rings. The van der Waals surface area contributed by atoms with Crippen molar-refractivity contribution >= 4 is 5.91 Å². The van der Waals surface area contributed by atoms with Crippen LogP contribution in [0.1, 0.15) is 43.7 Å². The molecule has 4 nitrogen and oxygen atoms in total. The summed E-state index contributed by atoms with van der Waals surface area (Å²) in [6, 6.07) is 16.2. The number of benzene rings is 2. The number of ether oxygens (including phenoxy) is 2. The van der Waals surface area contributed by atoms with E-state index in [1.54, 1.807) is 14.2 Å². The maximum atomic E-state index is 13.3. The highest BCUT2D eigenvalue weighted by Gasteiger charge is 2.43. The molecular weight excluding hydrogens is 338 g/mol. The predicted octanol–water partition coefficient (Wildman–Crippen LogP) is 4.26. The van der Waals surface area contributed by atoms with Crippen molar-refractivity contribution in [3.05, 3.63) is 59.7 Å². The fourth-order valence-corrected chi connectivity index (χ4v) is 4.14. The second-order valence-electron chi connectivity index (χ2n) is 7.42. The molecule has 0 spiro atoms. The van der Waals surface area contributed by atoms with Crippen LogP contribution in [0.25, 0.3) is 0 Å². The molecule has 1 unspecified atom stereocenters. The Morgan fingerprint density at radius 2 is 1.70 bits per heavy atom. The van der Waals surface area contributed by atoms with Crippen LogP contribution in [0.15, 0.2) is 48.5 Å². The Balaban J connectivity index is 1.80. The van der Waals surface area contributed by atoms with Crippen molar-refractivity contribution in [3.8, 4) is 11.5 Å². The zero-order valence-corrected chi connectivity index (χ0v) is 16.5. The molecule has 4 heteroatoms. The predicted molar refractivity (Wildman–Crippen MR) is 107 cm³/mol. The van der Waals surface area contributed by atoms with Crippen LogP contribution in [0.3, 0.4) is 0 Å². The lowest BCUT2D eigenvalue weighted by Gasteiger charge is -2.30. The van der Waals surface area contributed by atoms with Crippen molar-refractivity contribution in [3.63, 3.8) is 0 Å². The van der Waals surface area contributed by atoms with Gasteiger partial charge < -0.3 is 14.8 Å². The lowest BCUT2D eigenvalue weighted by Crippen LogP contribution is -2.46. The standard InChI is InChI=1S/C23H29NO3/c1-17(15-18-9-5-4-6-10-18)24-22(25)23(13-7-8-14-23)19-11-12-20(26-2)21(16-19)27-3/h4-6,9-12,16-17H,7-8,13-15H2,1-3H3,(H,24,25). The van der Waals surface area contributed by atoms with Crippen molar-refractivity contribution in [1.29, 1.82) is 0 Å². The van der Waals surface area contributed by atoms with Crippen molar-refractivity contribution in [2.24, 2.45) is 0 Å². The SMILES string of the molecule is COc1ccc(C2(C(=O)NC(C)Cc3ccccc3)CCCC2)cc1OC. The minimum Gasteiger partial charge on any atom is -0.493 e. The van der Waals surface area contributed by atoms with Crippen LogP contribution in [0, 0.1) is 0 Å². The highest BCUT2D eigenvalue weighted by atomic mass is 16.5. The van der Waals surface area contributed by atoms with Gasteiger partial charge in [0.05, 0.1) is 19.6 Å². The first kappa shape index (κ1) is 19.3. The summed E-state index contributed by atoms with van der Waals surface area (Å²) in [6.07, 6.45) is 4.69. The summed E-state index contributed by atoms with van der Waals surface area (Å²) in [4.78, 5) is 13.3. The fraction of sp³-hybridized carbons (Fsp3) is 0.435. The van der Waals surface area contributed by atoms with Gasteiger partial charge in [-0.05, 0) is 49.4 Å². The van der Waals surface area contributed by atoms with Gasteiger partial charge in [0.15, 0.2) is 11.5 Å². The average molecular weight is 367 g/mol. The van der Waals surface area contributed by atoms with Gasteiger partial charge in [0.1, 0.15) is 0 Å². The van der Waals surface area contributed by atoms with Gasteiger partial charge in [0.2, 0.25) is 5.91 Å². The maximum Gasteiger partial charge on any atom is 0.230 e. The van der Waals surface area contributed by atoms with Crippen LogP contribution in [0.4, 0.5) is 0 Å². The Bertz CT molecular complexity index is 766. The quantitative estimate of drug-likeness (QED) is 0.795. The number of hydrogen-bond donors (Lipinski definition) is 1. The number of rotatable bonds is 7. The summed E-state index contributed by atoms with van der Waals surface area (Å²) in [7, 11) is 3.26. The Morgan fingerprint density at radius 1 is 1.04 bits per heavy atom. The molecule has 1 saturated carbocycles. The van der Waals surface area contributed by atoms with Crippen molar-refractivity contribution in [2.45, 2.75) is 50.5 Å². The smallest absolute Gasteiger partial charge is 0.230 e. The van der Waals surface area contributed by atoms with Gasteiger partial charge in [-0.3, -0.25) is 4.79 Å². The lowest BCUT2D eigenvalue weighted by atomic mass is 9.77. The normalized spacial score (nSPS) is 16.6. The lowest BCUT2D eigenvalue weighted by molar-refractivity contribution is -0.127. The van der Waals surface area contributed by atoms with E-state index in [0.717, 1.165) is 37.7 Å². The maximum absolute atomic E-state index is 13.3. The first-order valence-corrected chi connectivity index (χ1v) is 9.66. The third-order valence-corrected chi connectivity index (χ3v) is 5.59. The summed E-state index contributed by atoms with van der Waals surface area (Å²) in [5.74, 6) is 1.48. The Hall–Kier alpha value is -2.49. The third-order valence-electron chi connectivity index (χ3n) is 5.59. The molecule has 1 N–H and O–H groups in total. The number of nitrogens with one attached hydrogen (secondary N) is 1. The monoisotopic (exact) mass is 367 g/mol. The molecule has 0 heterocycles. The molecule has 0 saturated heterocycles. The third kappa shape index (κ3) is 4.10. The molecule has 0 bridgehead atoms. The molecule has 1 atom stereocenters. The van der Waals surface area contributed by atoms with E-state index in [9.17, 15) is 4.79 Å². The molecule has 0 radical (unpaired) electrons. The first-order valence-electron chi connectivity index (χ1n) is 9.66. The summed E-state index contributed by atoms with van der Waals surface area (Å²) >= 11 is 0. The number of carbonyl (C=O) groups excluding carboxylic acids is 1. The minimum atomic E-state index is -0.482. The first-order chi connectivity index (χ1) is 13.1. The van der Waals surface area contributed by atoms with Gasteiger partial charge in [0, 0.05) is 6.04 Å². The summed E-state index contributed by atoms with van der Waals surface area (Å²) in [6.45, 7) is 2.07. The van der Waals surface area contributed by atoms with E-state index in [4.69, 9.17) is 9.47 Å². The van der Waals surface area contributed by atoms with Crippen LogP contribution in [0.5, 0.6) is 11.5 Å². The van der Waals surface area contributed by atoms with E-state index >= 15 is 0 Å². The molecule has 0 aliphatic heterocycles. The van der Waals surface area contributed by atoms with Crippen molar-refractivity contribution in [1.82, 2.24) is 5.32 Å². The molecule has 1 fully saturated rings.